The predicted molar refractivity (Wildman–Crippen MR) is 230 cm³/mol. The number of primary amides is 1. The number of benzene rings is 1. The highest BCUT2D eigenvalue weighted by atomic mass is 32.1. The molecule has 3 heterocycles. The fraction of sp³-hybridized carbons (Fsp3) is 0.571. The lowest BCUT2D eigenvalue weighted by atomic mass is 9.82. The van der Waals surface area contributed by atoms with Gasteiger partial charge in [0.1, 0.15) is 46.6 Å². The van der Waals surface area contributed by atoms with E-state index in [0.717, 1.165) is 5.56 Å². The molecule has 1 aliphatic heterocycles. The number of likely N-dealkylation sites (tertiary alicyclic amines) is 1. The molecule has 4 unspecified atom stereocenters. The van der Waals surface area contributed by atoms with Crippen LogP contribution in [0.4, 0.5) is 0 Å². The summed E-state index contributed by atoms with van der Waals surface area (Å²) in [6.45, 7) is 15.2. The topological polar surface area (TPSA) is 221 Å². The summed E-state index contributed by atoms with van der Waals surface area (Å²) in [6.07, 6.45) is 3.87. The Kier molecular flexibility index (Phi) is 16.7. The quantitative estimate of drug-likeness (QED) is 0.0802. The SMILES string of the molecule is CC(C)CC(=O)NC(C(=NCC(=O)N1CCC[C@H]1C(N)=O)NC(C(=O)NC(Cc1ccccc1)C(=O)N[C@H](CC(O)c1nccs1)c1nccs1)C(C)(C)C)C(C)(C)C. The molecule has 4 rings (SSSR count). The highest BCUT2D eigenvalue weighted by Gasteiger charge is 2.40. The van der Waals surface area contributed by atoms with Gasteiger partial charge in [0.15, 0.2) is 0 Å². The summed E-state index contributed by atoms with van der Waals surface area (Å²) in [5.74, 6) is -1.94. The first kappa shape index (κ1) is 46.9. The monoisotopic (exact) mass is 851 g/mol. The van der Waals surface area contributed by atoms with Crippen molar-refractivity contribution in [1.29, 1.82) is 0 Å². The first-order valence-electron chi connectivity index (χ1n) is 20.0. The molecule has 1 aliphatic rings. The van der Waals surface area contributed by atoms with Crippen LogP contribution in [0.25, 0.3) is 0 Å². The third-order valence-electron chi connectivity index (χ3n) is 9.92. The Morgan fingerprint density at radius 3 is 2.07 bits per heavy atom. The predicted octanol–water partition coefficient (Wildman–Crippen LogP) is 4.06. The minimum atomic E-state index is -1.07. The van der Waals surface area contributed by atoms with Gasteiger partial charge >= 0.3 is 0 Å². The van der Waals surface area contributed by atoms with Crippen molar-refractivity contribution in [2.75, 3.05) is 13.1 Å². The molecule has 1 saturated heterocycles. The van der Waals surface area contributed by atoms with E-state index in [1.54, 1.807) is 23.2 Å². The number of aliphatic hydroxyl groups excluding tert-OH is 1. The summed E-state index contributed by atoms with van der Waals surface area (Å²) >= 11 is 2.65. The molecule has 3 aromatic rings. The maximum Gasteiger partial charge on any atom is 0.244 e. The van der Waals surface area contributed by atoms with E-state index in [4.69, 9.17) is 10.7 Å². The normalized spacial score (nSPS) is 17.4. The van der Waals surface area contributed by atoms with Crippen molar-refractivity contribution in [1.82, 2.24) is 36.1 Å². The molecular formula is C42H61N9O6S2. The van der Waals surface area contributed by atoms with Crippen molar-refractivity contribution in [2.45, 2.75) is 124 Å². The number of nitrogens with zero attached hydrogens (tertiary/aromatic N) is 4. The van der Waals surface area contributed by atoms with Crippen molar-refractivity contribution in [2.24, 2.45) is 27.5 Å². The van der Waals surface area contributed by atoms with Gasteiger partial charge < -0.3 is 37.0 Å². The standard InChI is InChI=1S/C42H61N9O6S2/c1-25(2)21-31(53)49-33(41(3,4)5)36(46-24-32(54)51-18-12-15-29(51)35(43)55)50-34(42(6,7)8)38(57)47-27(22-26-13-10-9-11-14-26)37(56)48-28(39-44-16-19-58-39)23-30(52)40-45-17-20-59-40/h9-11,13-14,16-17,19-20,25,27-30,33-34,52H,12,15,18,21-24H2,1-8H3,(H2,43,55)(H,46,50)(H,47,57)(H,48,56)(H,49,53)/t27?,28-,29+,30?,33?,34?/m1/s1. The van der Waals surface area contributed by atoms with Gasteiger partial charge in [-0.3, -0.25) is 29.0 Å². The Labute approximate surface area is 355 Å². The van der Waals surface area contributed by atoms with E-state index < -0.39 is 70.8 Å². The third kappa shape index (κ3) is 13.9. The number of carbonyl (C=O) groups excluding carboxylic acids is 5. The summed E-state index contributed by atoms with van der Waals surface area (Å²) in [7, 11) is 0. The number of hydrogen-bond donors (Lipinski definition) is 6. The fourth-order valence-corrected chi connectivity index (χ4v) is 8.21. The van der Waals surface area contributed by atoms with E-state index in [9.17, 15) is 29.1 Å². The smallest absolute Gasteiger partial charge is 0.244 e. The number of nitrogens with two attached hydrogens (primary N) is 1. The van der Waals surface area contributed by atoms with Crippen LogP contribution >= 0.6 is 22.7 Å². The summed E-state index contributed by atoms with van der Waals surface area (Å²) < 4.78 is 0. The highest BCUT2D eigenvalue weighted by Crippen LogP contribution is 2.29. The van der Waals surface area contributed by atoms with Crippen LogP contribution in [-0.4, -0.2) is 92.6 Å². The molecule has 15 nitrogen and oxygen atoms in total. The lowest BCUT2D eigenvalue weighted by molar-refractivity contribution is -0.136. The molecular weight excluding hydrogens is 791 g/mol. The summed E-state index contributed by atoms with van der Waals surface area (Å²) in [6, 6.07) is 5.04. The first-order chi connectivity index (χ1) is 27.7. The fourth-order valence-electron chi connectivity index (χ4n) is 6.87. The number of hydrogen-bond acceptors (Lipinski definition) is 11. The molecule has 7 N–H and O–H groups in total. The lowest BCUT2D eigenvalue weighted by Crippen LogP contribution is -2.62. The average Bonchev–Trinajstić information content (AvgIpc) is 3.96. The van der Waals surface area contributed by atoms with Crippen LogP contribution in [0.2, 0.25) is 0 Å². The van der Waals surface area contributed by atoms with Gasteiger partial charge in [-0.1, -0.05) is 85.7 Å². The lowest BCUT2D eigenvalue weighted by Gasteiger charge is -2.38. The number of nitrogens with one attached hydrogen (secondary N) is 4. The number of amides is 5. The van der Waals surface area contributed by atoms with Crippen molar-refractivity contribution < 1.29 is 29.1 Å². The number of carbonyl (C=O) groups is 5. The summed E-state index contributed by atoms with van der Waals surface area (Å²) in [5.41, 5.74) is 4.98. The highest BCUT2D eigenvalue weighted by molar-refractivity contribution is 7.09. The summed E-state index contributed by atoms with van der Waals surface area (Å²) in [4.78, 5) is 83.0. The molecule has 0 bridgehead atoms. The zero-order valence-electron chi connectivity index (χ0n) is 35.4. The van der Waals surface area contributed by atoms with E-state index in [-0.39, 0.29) is 43.5 Å². The van der Waals surface area contributed by atoms with Crippen LogP contribution in [0, 0.1) is 16.7 Å². The number of aromatic nitrogens is 2. The van der Waals surface area contributed by atoms with Crippen molar-refractivity contribution in [3.8, 4) is 0 Å². The van der Waals surface area contributed by atoms with Gasteiger partial charge in [-0.2, -0.15) is 0 Å². The van der Waals surface area contributed by atoms with Crippen molar-refractivity contribution in [3.63, 3.8) is 0 Å². The molecule has 0 spiro atoms. The Morgan fingerprint density at radius 1 is 0.881 bits per heavy atom. The largest absolute Gasteiger partial charge is 0.386 e. The van der Waals surface area contributed by atoms with Crippen LogP contribution in [-0.2, 0) is 30.4 Å². The Hall–Kier alpha value is -4.74. The van der Waals surface area contributed by atoms with E-state index >= 15 is 0 Å². The van der Waals surface area contributed by atoms with Gasteiger partial charge in [-0.15, -0.1) is 22.7 Å². The second-order valence-corrected chi connectivity index (χ2v) is 19.4. The van der Waals surface area contributed by atoms with E-state index in [2.05, 4.69) is 31.2 Å². The molecule has 322 valence electrons. The number of amidine groups is 1. The average molecular weight is 852 g/mol. The zero-order valence-corrected chi connectivity index (χ0v) is 37.0. The Bertz CT molecular complexity index is 1880. The summed E-state index contributed by atoms with van der Waals surface area (Å²) in [5, 5.41) is 28.2. The molecule has 1 fully saturated rings. The maximum atomic E-state index is 14.7. The van der Waals surface area contributed by atoms with Crippen molar-refractivity contribution >= 4 is 58.0 Å². The molecule has 0 aliphatic carbocycles. The minimum Gasteiger partial charge on any atom is -0.386 e. The van der Waals surface area contributed by atoms with Gasteiger partial charge in [0.05, 0.1) is 12.1 Å². The molecule has 2 aromatic heterocycles. The third-order valence-corrected chi connectivity index (χ3v) is 11.7. The van der Waals surface area contributed by atoms with E-state index in [1.165, 1.54) is 27.6 Å². The molecule has 1 aromatic carbocycles. The van der Waals surface area contributed by atoms with Gasteiger partial charge in [-0.05, 0) is 35.2 Å². The molecule has 59 heavy (non-hydrogen) atoms. The minimum absolute atomic E-state index is 0.0676. The number of aliphatic imine (C=N–C) groups is 1. The van der Waals surface area contributed by atoms with Gasteiger partial charge in [0.2, 0.25) is 29.5 Å². The maximum absolute atomic E-state index is 14.7. The van der Waals surface area contributed by atoms with E-state index in [1.807, 2.05) is 85.7 Å². The van der Waals surface area contributed by atoms with Crippen LogP contribution in [0.1, 0.15) is 109 Å². The van der Waals surface area contributed by atoms with Crippen LogP contribution in [0.15, 0.2) is 58.5 Å². The van der Waals surface area contributed by atoms with Gasteiger partial charge in [0.25, 0.3) is 0 Å². The molecule has 0 radical (unpaired) electrons. The molecule has 5 amide bonds. The molecule has 17 heteroatoms. The second-order valence-electron chi connectivity index (χ2n) is 17.6. The second kappa shape index (κ2) is 21.0. The number of thiazole rings is 2. The van der Waals surface area contributed by atoms with E-state index in [0.29, 0.717) is 29.4 Å². The van der Waals surface area contributed by atoms with Gasteiger partial charge in [-0.25, -0.2) is 9.97 Å². The van der Waals surface area contributed by atoms with Gasteiger partial charge in [0, 0.05) is 49.0 Å². The number of rotatable bonds is 18. The first-order valence-corrected chi connectivity index (χ1v) is 21.8. The van der Waals surface area contributed by atoms with Crippen LogP contribution < -0.4 is 27.0 Å². The Morgan fingerprint density at radius 2 is 1.51 bits per heavy atom. The Balaban J connectivity index is 1.69. The van der Waals surface area contributed by atoms with Crippen LogP contribution in [0.5, 0.6) is 0 Å². The number of aliphatic hydroxyl groups is 1. The van der Waals surface area contributed by atoms with Crippen molar-refractivity contribution in [3.05, 3.63) is 69.1 Å². The molecule has 6 atom stereocenters. The molecule has 0 saturated carbocycles. The zero-order chi connectivity index (χ0) is 43.5. The van der Waals surface area contributed by atoms with Crippen LogP contribution in [0.3, 0.4) is 0 Å².